The molecule has 24 heavy (non-hydrogen) atoms. The number of rotatable bonds is 8. The third-order valence-corrected chi connectivity index (χ3v) is 3.38. The molecule has 4 nitrogen and oxygen atoms in total. The van der Waals surface area contributed by atoms with Crippen molar-refractivity contribution in [3.8, 4) is 0 Å². The first-order chi connectivity index (χ1) is 11.3. The average molecular weight is 365 g/mol. The van der Waals surface area contributed by atoms with E-state index in [0.29, 0.717) is 30.6 Å². The first-order valence-electron chi connectivity index (χ1n) is 7.82. The van der Waals surface area contributed by atoms with Crippen LogP contribution in [0.4, 0.5) is 13.2 Å². The van der Waals surface area contributed by atoms with Gasteiger partial charge in [-0.15, -0.1) is 0 Å². The van der Waals surface area contributed by atoms with Gasteiger partial charge in [0.2, 0.25) is 0 Å². The number of alkyl halides is 3. The summed E-state index contributed by atoms with van der Waals surface area (Å²) in [5.41, 5.74) is 1.11. The molecule has 0 bridgehead atoms. The molecule has 1 aromatic rings. The predicted octanol–water partition coefficient (Wildman–Crippen LogP) is 2.93. The Hall–Kier alpha value is -1.47. The average Bonchev–Trinajstić information content (AvgIpc) is 2.45. The summed E-state index contributed by atoms with van der Waals surface area (Å²) in [6.45, 7) is 2.88. The summed E-state index contributed by atoms with van der Waals surface area (Å²) in [5.74, 6) is 0.597. The van der Waals surface area contributed by atoms with Crippen molar-refractivity contribution >= 4 is 17.6 Å². The highest BCUT2D eigenvalue weighted by Gasteiger charge is 2.28. The van der Waals surface area contributed by atoms with Gasteiger partial charge in [0.15, 0.2) is 5.96 Å². The number of hydrogen-bond donors (Lipinski definition) is 2. The molecule has 136 valence electrons. The summed E-state index contributed by atoms with van der Waals surface area (Å²) in [4.78, 5) is 5.50. The van der Waals surface area contributed by atoms with Crippen LogP contribution in [0.1, 0.15) is 12.5 Å². The Labute approximate surface area is 146 Å². The van der Waals surface area contributed by atoms with Crippen LogP contribution in [-0.4, -0.2) is 56.8 Å². The van der Waals surface area contributed by atoms with Crippen molar-refractivity contribution in [1.29, 1.82) is 0 Å². The summed E-state index contributed by atoms with van der Waals surface area (Å²) in [6.07, 6.45) is -3.41. The van der Waals surface area contributed by atoms with Gasteiger partial charge in [-0.25, -0.2) is 0 Å². The normalized spacial score (nSPS) is 12.5. The quantitative estimate of drug-likeness (QED) is 0.550. The van der Waals surface area contributed by atoms with Crippen LogP contribution in [0.15, 0.2) is 29.3 Å². The number of likely N-dealkylation sites (N-methyl/N-ethyl adjacent to an activating group) is 1. The number of guanidine groups is 1. The van der Waals surface area contributed by atoms with E-state index in [9.17, 15) is 13.2 Å². The van der Waals surface area contributed by atoms with Gasteiger partial charge >= 0.3 is 6.18 Å². The lowest BCUT2D eigenvalue weighted by Crippen LogP contribution is -2.39. The Bertz CT molecular complexity index is 520. The molecule has 8 heteroatoms. The molecule has 2 N–H and O–H groups in total. The highest BCUT2D eigenvalue weighted by atomic mass is 35.5. The number of hydrogen-bond acceptors (Lipinski definition) is 2. The fourth-order valence-corrected chi connectivity index (χ4v) is 2.29. The van der Waals surface area contributed by atoms with Crippen molar-refractivity contribution in [1.82, 2.24) is 15.5 Å². The highest BCUT2D eigenvalue weighted by Crippen LogP contribution is 2.15. The second kappa shape index (κ2) is 10.4. The molecule has 0 amide bonds. The van der Waals surface area contributed by atoms with Crippen LogP contribution in [0, 0.1) is 0 Å². The molecule has 0 saturated carbocycles. The molecule has 1 rings (SSSR count). The van der Waals surface area contributed by atoms with E-state index in [1.807, 2.05) is 31.2 Å². The van der Waals surface area contributed by atoms with Gasteiger partial charge in [0.1, 0.15) is 0 Å². The van der Waals surface area contributed by atoms with Gasteiger partial charge in [0.25, 0.3) is 0 Å². The largest absolute Gasteiger partial charge is 0.401 e. The van der Waals surface area contributed by atoms with Crippen molar-refractivity contribution in [2.45, 2.75) is 19.5 Å². The third kappa shape index (κ3) is 9.62. The molecule has 1 aromatic carbocycles. The smallest absolute Gasteiger partial charge is 0.357 e. The van der Waals surface area contributed by atoms with E-state index in [-0.39, 0.29) is 6.54 Å². The minimum Gasteiger partial charge on any atom is -0.357 e. The zero-order valence-corrected chi connectivity index (χ0v) is 14.7. The van der Waals surface area contributed by atoms with Gasteiger partial charge in [-0.3, -0.25) is 9.89 Å². The number of halogens is 4. The van der Waals surface area contributed by atoms with E-state index in [1.165, 1.54) is 11.9 Å². The second-order valence-corrected chi connectivity index (χ2v) is 5.86. The number of nitrogens with zero attached hydrogens (tertiary/aromatic N) is 2. The van der Waals surface area contributed by atoms with Crippen LogP contribution in [-0.2, 0) is 6.42 Å². The Morgan fingerprint density at radius 2 is 2.04 bits per heavy atom. The molecule has 0 heterocycles. The molecule has 0 saturated heterocycles. The van der Waals surface area contributed by atoms with Crippen LogP contribution in [0.5, 0.6) is 0 Å². The maximum absolute atomic E-state index is 12.3. The maximum Gasteiger partial charge on any atom is 0.401 e. The first kappa shape index (κ1) is 20.6. The predicted molar refractivity (Wildman–Crippen MR) is 92.7 cm³/mol. The van der Waals surface area contributed by atoms with Gasteiger partial charge in [-0.2, -0.15) is 13.2 Å². The summed E-state index contributed by atoms with van der Waals surface area (Å²) in [7, 11) is 1.43. The third-order valence-electron chi connectivity index (χ3n) is 3.14. The highest BCUT2D eigenvalue weighted by molar-refractivity contribution is 6.30. The van der Waals surface area contributed by atoms with Crippen LogP contribution in [0.2, 0.25) is 5.02 Å². The van der Waals surface area contributed by atoms with E-state index in [1.54, 1.807) is 0 Å². The summed E-state index contributed by atoms with van der Waals surface area (Å²) < 4.78 is 36.8. The zero-order valence-electron chi connectivity index (χ0n) is 14.0. The lowest BCUT2D eigenvalue weighted by molar-refractivity contribution is -0.142. The van der Waals surface area contributed by atoms with Crippen LogP contribution < -0.4 is 10.6 Å². The van der Waals surface area contributed by atoms with Crippen LogP contribution >= 0.6 is 11.6 Å². The standard InChI is InChI=1S/C16H24ClF3N4/c1-3-21-15(23-9-10-24(2)12-16(18,19)20)22-8-7-13-5-4-6-14(17)11-13/h4-6,11H,3,7-10,12H2,1-2H3,(H2,21,22,23). The minimum atomic E-state index is -4.18. The second-order valence-electron chi connectivity index (χ2n) is 5.42. The minimum absolute atomic E-state index is 0.240. The van der Waals surface area contributed by atoms with Gasteiger partial charge < -0.3 is 10.6 Å². The van der Waals surface area contributed by atoms with Gasteiger partial charge in [-0.1, -0.05) is 23.7 Å². The fraction of sp³-hybridized carbons (Fsp3) is 0.562. The van der Waals surface area contributed by atoms with Gasteiger partial charge in [0.05, 0.1) is 13.1 Å². The Kier molecular flexibility index (Phi) is 8.92. The molecule has 0 aliphatic carbocycles. The van der Waals surface area contributed by atoms with Crippen molar-refractivity contribution in [3.63, 3.8) is 0 Å². The van der Waals surface area contributed by atoms with E-state index in [0.717, 1.165) is 12.0 Å². The van der Waals surface area contributed by atoms with Crippen molar-refractivity contribution < 1.29 is 13.2 Å². The van der Waals surface area contributed by atoms with E-state index < -0.39 is 12.7 Å². The Balaban J connectivity index is 2.39. The first-order valence-corrected chi connectivity index (χ1v) is 8.20. The van der Waals surface area contributed by atoms with Crippen molar-refractivity contribution in [2.75, 3.05) is 39.8 Å². The summed E-state index contributed by atoms with van der Waals surface area (Å²) in [5, 5.41) is 6.94. The summed E-state index contributed by atoms with van der Waals surface area (Å²) in [6, 6.07) is 7.61. The van der Waals surface area contributed by atoms with Crippen LogP contribution in [0.3, 0.4) is 0 Å². The topological polar surface area (TPSA) is 39.7 Å². The zero-order chi connectivity index (χ0) is 18.0. The van der Waals surface area contributed by atoms with Gasteiger partial charge in [0, 0.05) is 24.7 Å². The van der Waals surface area contributed by atoms with E-state index in [2.05, 4.69) is 15.6 Å². The molecule has 0 aromatic heterocycles. The monoisotopic (exact) mass is 364 g/mol. The molecular formula is C16H24ClF3N4. The number of benzene rings is 1. The van der Waals surface area contributed by atoms with E-state index in [4.69, 9.17) is 11.6 Å². The van der Waals surface area contributed by atoms with Crippen molar-refractivity contribution in [2.24, 2.45) is 4.99 Å². The molecule has 0 fully saturated rings. The van der Waals surface area contributed by atoms with E-state index >= 15 is 0 Å². The number of nitrogens with one attached hydrogen (secondary N) is 2. The Morgan fingerprint density at radius 1 is 1.29 bits per heavy atom. The van der Waals surface area contributed by atoms with Gasteiger partial charge in [-0.05, 0) is 38.1 Å². The lowest BCUT2D eigenvalue weighted by atomic mass is 10.1. The maximum atomic E-state index is 12.3. The molecule has 0 aliphatic rings. The Morgan fingerprint density at radius 3 is 2.67 bits per heavy atom. The molecule has 0 unspecified atom stereocenters. The number of aliphatic imine (C=N–C) groups is 1. The fourth-order valence-electron chi connectivity index (χ4n) is 2.08. The molecule has 0 aliphatic heterocycles. The molecule has 0 spiro atoms. The SMILES string of the molecule is CCNC(=NCCN(C)CC(F)(F)F)NCCc1cccc(Cl)c1. The lowest BCUT2D eigenvalue weighted by Gasteiger charge is -2.18. The molecule has 0 atom stereocenters. The molecular weight excluding hydrogens is 341 g/mol. The summed E-state index contributed by atoms with van der Waals surface area (Å²) >= 11 is 5.94. The molecule has 0 radical (unpaired) electrons. The van der Waals surface area contributed by atoms with Crippen LogP contribution in [0.25, 0.3) is 0 Å². The van der Waals surface area contributed by atoms with Crippen molar-refractivity contribution in [3.05, 3.63) is 34.9 Å².